The molecular weight excluding hydrogens is 258 g/mol. The lowest BCUT2D eigenvalue weighted by molar-refractivity contribution is 0.115. The van der Waals surface area contributed by atoms with Gasteiger partial charge in [0.2, 0.25) is 0 Å². The van der Waals surface area contributed by atoms with Crippen LogP contribution in [0, 0.1) is 5.92 Å². The van der Waals surface area contributed by atoms with Crippen molar-refractivity contribution < 1.29 is 4.74 Å². The number of hydrogen-bond donors (Lipinski definition) is 1. The van der Waals surface area contributed by atoms with Gasteiger partial charge in [-0.3, -0.25) is 4.99 Å². The molecule has 0 amide bonds. The highest BCUT2D eigenvalue weighted by molar-refractivity contribution is 7.07. The number of nitrogens with zero attached hydrogens (tertiary/aromatic N) is 2. The second-order valence-corrected chi connectivity index (χ2v) is 5.75. The lowest BCUT2D eigenvalue weighted by atomic mass is 10.3. The number of aliphatic imine (C=N–C) groups is 1. The van der Waals surface area contributed by atoms with E-state index in [1.54, 1.807) is 11.3 Å². The number of thiophene rings is 1. The minimum Gasteiger partial charge on any atom is -0.379 e. The summed E-state index contributed by atoms with van der Waals surface area (Å²) in [6, 6.07) is 2.13. The number of ether oxygens (including phenoxy) is 1. The molecule has 0 aliphatic heterocycles. The summed E-state index contributed by atoms with van der Waals surface area (Å²) in [6.07, 6.45) is 2.69. The molecule has 0 atom stereocenters. The summed E-state index contributed by atoms with van der Waals surface area (Å²) in [6.45, 7) is 3.39. The van der Waals surface area contributed by atoms with E-state index in [-0.39, 0.29) is 0 Å². The summed E-state index contributed by atoms with van der Waals surface area (Å²) in [5, 5.41) is 7.60. The van der Waals surface area contributed by atoms with Crippen molar-refractivity contribution in [2.24, 2.45) is 10.9 Å². The van der Waals surface area contributed by atoms with Crippen LogP contribution in [0.1, 0.15) is 18.4 Å². The van der Waals surface area contributed by atoms with Crippen LogP contribution in [0.2, 0.25) is 0 Å². The Kier molecular flexibility index (Phi) is 5.66. The standard InChI is InChI=1S/C14H23N3OS/c1-15-14(16-9-13-5-8-19-11-13)17(2)6-7-18-10-12-3-4-12/h5,8,11-12H,3-4,6-7,9-10H2,1-2H3,(H,15,16). The SMILES string of the molecule is CN=C(NCc1ccsc1)N(C)CCOCC1CC1. The number of nitrogens with one attached hydrogen (secondary N) is 1. The first-order valence-electron chi connectivity index (χ1n) is 6.80. The molecule has 1 aromatic heterocycles. The first-order chi connectivity index (χ1) is 9.29. The molecule has 1 aliphatic carbocycles. The van der Waals surface area contributed by atoms with Crippen LogP contribution in [0.5, 0.6) is 0 Å². The molecule has 0 bridgehead atoms. The van der Waals surface area contributed by atoms with Crippen LogP contribution < -0.4 is 5.32 Å². The summed E-state index contributed by atoms with van der Waals surface area (Å²) in [7, 11) is 3.86. The van der Waals surface area contributed by atoms with Gasteiger partial charge in [-0.1, -0.05) is 0 Å². The molecular formula is C14H23N3OS. The minimum absolute atomic E-state index is 0.770. The van der Waals surface area contributed by atoms with Crippen molar-refractivity contribution in [2.75, 3.05) is 33.9 Å². The van der Waals surface area contributed by atoms with E-state index in [2.05, 4.69) is 32.0 Å². The third-order valence-corrected chi connectivity index (χ3v) is 3.96. The minimum atomic E-state index is 0.770. The highest BCUT2D eigenvalue weighted by Crippen LogP contribution is 2.28. The van der Waals surface area contributed by atoms with E-state index in [4.69, 9.17) is 4.74 Å². The molecule has 5 heteroatoms. The van der Waals surface area contributed by atoms with E-state index >= 15 is 0 Å². The number of guanidine groups is 1. The van der Waals surface area contributed by atoms with Gasteiger partial charge in [-0.25, -0.2) is 0 Å². The first kappa shape index (κ1) is 14.3. The maximum Gasteiger partial charge on any atom is 0.193 e. The van der Waals surface area contributed by atoms with Gasteiger partial charge in [0, 0.05) is 33.8 Å². The predicted octanol–water partition coefficient (Wildman–Crippen LogP) is 2.18. The van der Waals surface area contributed by atoms with Gasteiger partial charge in [-0.05, 0) is 41.1 Å². The van der Waals surface area contributed by atoms with E-state index in [0.717, 1.165) is 38.2 Å². The molecule has 1 fully saturated rings. The molecule has 2 rings (SSSR count). The number of rotatable bonds is 7. The Morgan fingerprint density at radius 3 is 3.05 bits per heavy atom. The topological polar surface area (TPSA) is 36.9 Å². The van der Waals surface area contributed by atoms with Crippen molar-refractivity contribution >= 4 is 17.3 Å². The molecule has 4 nitrogen and oxygen atoms in total. The molecule has 0 aromatic carbocycles. The molecule has 1 N–H and O–H groups in total. The number of hydrogen-bond acceptors (Lipinski definition) is 3. The largest absolute Gasteiger partial charge is 0.379 e. The molecule has 1 heterocycles. The van der Waals surface area contributed by atoms with Gasteiger partial charge in [-0.2, -0.15) is 11.3 Å². The quantitative estimate of drug-likeness (QED) is 0.473. The molecule has 1 aliphatic rings. The number of likely N-dealkylation sites (N-methyl/N-ethyl adjacent to an activating group) is 1. The maximum atomic E-state index is 5.65. The summed E-state index contributed by atoms with van der Waals surface area (Å²) in [4.78, 5) is 6.40. The van der Waals surface area contributed by atoms with E-state index in [1.165, 1.54) is 18.4 Å². The zero-order valence-electron chi connectivity index (χ0n) is 11.8. The van der Waals surface area contributed by atoms with Crippen LogP contribution in [0.3, 0.4) is 0 Å². The second-order valence-electron chi connectivity index (χ2n) is 4.97. The molecule has 1 aromatic rings. The Bertz CT molecular complexity index is 387. The average Bonchev–Trinajstić information content (AvgIpc) is 3.10. The molecule has 0 spiro atoms. The van der Waals surface area contributed by atoms with Crippen LogP contribution in [0.4, 0.5) is 0 Å². The van der Waals surface area contributed by atoms with E-state index < -0.39 is 0 Å². The van der Waals surface area contributed by atoms with Gasteiger partial charge < -0.3 is 15.0 Å². The molecule has 106 valence electrons. The van der Waals surface area contributed by atoms with Gasteiger partial charge in [0.1, 0.15) is 0 Å². The van der Waals surface area contributed by atoms with Crippen molar-refractivity contribution in [1.29, 1.82) is 0 Å². The van der Waals surface area contributed by atoms with Crippen LogP contribution in [0.25, 0.3) is 0 Å². The summed E-state index contributed by atoms with van der Waals surface area (Å²) in [5.74, 6) is 1.75. The fourth-order valence-corrected chi connectivity index (χ4v) is 2.47. The average molecular weight is 281 g/mol. The maximum absolute atomic E-state index is 5.65. The summed E-state index contributed by atoms with van der Waals surface area (Å²) >= 11 is 1.72. The van der Waals surface area contributed by atoms with E-state index in [9.17, 15) is 0 Å². The Hall–Kier alpha value is -1.07. The third-order valence-electron chi connectivity index (χ3n) is 3.23. The van der Waals surface area contributed by atoms with Crippen LogP contribution in [0.15, 0.2) is 21.8 Å². The molecule has 1 saturated carbocycles. The van der Waals surface area contributed by atoms with Gasteiger partial charge >= 0.3 is 0 Å². The van der Waals surface area contributed by atoms with Crippen molar-refractivity contribution in [1.82, 2.24) is 10.2 Å². The Morgan fingerprint density at radius 2 is 2.42 bits per heavy atom. The van der Waals surface area contributed by atoms with Crippen molar-refractivity contribution in [3.05, 3.63) is 22.4 Å². The van der Waals surface area contributed by atoms with Gasteiger partial charge in [0.15, 0.2) is 5.96 Å². The summed E-state index contributed by atoms with van der Waals surface area (Å²) in [5.41, 5.74) is 1.30. The fourth-order valence-electron chi connectivity index (χ4n) is 1.80. The Balaban J connectivity index is 1.64. The Labute approximate surface area is 119 Å². The van der Waals surface area contributed by atoms with Gasteiger partial charge in [0.05, 0.1) is 6.61 Å². The molecule has 0 radical (unpaired) electrons. The van der Waals surface area contributed by atoms with E-state index in [0.29, 0.717) is 0 Å². The van der Waals surface area contributed by atoms with Gasteiger partial charge in [-0.15, -0.1) is 0 Å². The zero-order valence-corrected chi connectivity index (χ0v) is 12.6. The highest BCUT2D eigenvalue weighted by Gasteiger charge is 2.21. The van der Waals surface area contributed by atoms with Crippen molar-refractivity contribution in [2.45, 2.75) is 19.4 Å². The smallest absolute Gasteiger partial charge is 0.193 e. The lowest BCUT2D eigenvalue weighted by Crippen LogP contribution is -2.40. The first-order valence-corrected chi connectivity index (χ1v) is 7.74. The van der Waals surface area contributed by atoms with E-state index in [1.807, 2.05) is 14.1 Å². The fraction of sp³-hybridized carbons (Fsp3) is 0.643. The van der Waals surface area contributed by atoms with Crippen LogP contribution in [-0.4, -0.2) is 44.7 Å². The summed E-state index contributed by atoms with van der Waals surface area (Å²) < 4.78 is 5.65. The second kappa shape index (κ2) is 7.50. The third kappa shape index (κ3) is 5.20. The predicted molar refractivity (Wildman–Crippen MR) is 80.7 cm³/mol. The monoisotopic (exact) mass is 281 g/mol. The normalized spacial score (nSPS) is 15.6. The van der Waals surface area contributed by atoms with Crippen molar-refractivity contribution in [3.63, 3.8) is 0 Å². The highest BCUT2D eigenvalue weighted by atomic mass is 32.1. The molecule has 19 heavy (non-hydrogen) atoms. The van der Waals surface area contributed by atoms with Crippen molar-refractivity contribution in [3.8, 4) is 0 Å². The zero-order chi connectivity index (χ0) is 13.5. The van der Waals surface area contributed by atoms with Crippen LogP contribution in [-0.2, 0) is 11.3 Å². The lowest BCUT2D eigenvalue weighted by Gasteiger charge is -2.21. The molecule has 0 unspecified atom stereocenters. The van der Waals surface area contributed by atoms with Crippen LogP contribution >= 0.6 is 11.3 Å². The van der Waals surface area contributed by atoms with Gasteiger partial charge in [0.25, 0.3) is 0 Å². The Morgan fingerprint density at radius 1 is 1.58 bits per heavy atom. The molecule has 0 saturated heterocycles.